The normalized spacial score (nSPS) is 22.5. The van der Waals surface area contributed by atoms with E-state index in [0.717, 1.165) is 56.7 Å². The van der Waals surface area contributed by atoms with Crippen molar-refractivity contribution in [1.29, 1.82) is 0 Å². The molecule has 3 rings (SSSR count). The number of hydrogen-bond donors (Lipinski definition) is 0. The van der Waals surface area contributed by atoms with Crippen molar-refractivity contribution >= 4 is 11.8 Å². The average Bonchev–Trinajstić information content (AvgIpc) is 3.06. The number of aryl methyl sites for hydroxylation is 1. The summed E-state index contributed by atoms with van der Waals surface area (Å²) in [5, 5.41) is 0. The van der Waals surface area contributed by atoms with Crippen molar-refractivity contribution in [2.75, 3.05) is 19.6 Å². The highest BCUT2D eigenvalue weighted by Crippen LogP contribution is 2.31. The monoisotopic (exact) mass is 318 g/mol. The summed E-state index contributed by atoms with van der Waals surface area (Å²) < 4.78 is 5.80. The largest absolute Gasteiger partial charge is 0.464 e. The first-order valence-corrected chi connectivity index (χ1v) is 8.79. The highest BCUT2D eigenvalue weighted by Gasteiger charge is 2.29. The zero-order valence-electron chi connectivity index (χ0n) is 13.9. The third kappa shape index (κ3) is 3.77. The predicted octanol–water partition coefficient (Wildman–Crippen LogP) is 3.04. The molecule has 2 aliphatic rings. The van der Waals surface area contributed by atoms with Crippen LogP contribution in [0, 0.1) is 6.92 Å². The Morgan fingerprint density at radius 1 is 1.22 bits per heavy atom. The van der Waals surface area contributed by atoms with Crippen molar-refractivity contribution < 1.29 is 14.0 Å². The van der Waals surface area contributed by atoms with Crippen LogP contribution in [0.25, 0.3) is 0 Å². The summed E-state index contributed by atoms with van der Waals surface area (Å²) in [6.45, 7) is 4.08. The second-order valence-electron chi connectivity index (χ2n) is 6.64. The van der Waals surface area contributed by atoms with E-state index in [1.54, 1.807) is 0 Å². The number of rotatable bonds is 4. The average molecular weight is 318 g/mol. The van der Waals surface area contributed by atoms with Gasteiger partial charge in [-0.2, -0.15) is 0 Å². The van der Waals surface area contributed by atoms with Crippen LogP contribution in [0.4, 0.5) is 0 Å². The number of furan rings is 1. The highest BCUT2D eigenvalue weighted by atomic mass is 16.3. The van der Waals surface area contributed by atoms with Gasteiger partial charge in [0.2, 0.25) is 11.8 Å². The van der Waals surface area contributed by atoms with E-state index in [1.807, 2.05) is 28.9 Å². The Morgan fingerprint density at radius 2 is 2.09 bits per heavy atom. The Bertz CT molecular complexity index is 566. The Labute approximate surface area is 137 Å². The maximum atomic E-state index is 12.8. The van der Waals surface area contributed by atoms with Gasteiger partial charge in [0.1, 0.15) is 11.5 Å². The molecule has 0 radical (unpaired) electrons. The summed E-state index contributed by atoms with van der Waals surface area (Å²) >= 11 is 0. The molecule has 0 bridgehead atoms. The van der Waals surface area contributed by atoms with Gasteiger partial charge >= 0.3 is 0 Å². The fourth-order valence-electron chi connectivity index (χ4n) is 3.65. The van der Waals surface area contributed by atoms with E-state index in [4.69, 9.17) is 4.42 Å². The number of amides is 2. The topological polar surface area (TPSA) is 53.8 Å². The van der Waals surface area contributed by atoms with E-state index in [-0.39, 0.29) is 17.9 Å². The summed E-state index contributed by atoms with van der Waals surface area (Å²) in [4.78, 5) is 28.2. The molecule has 0 N–H and O–H groups in total. The van der Waals surface area contributed by atoms with Gasteiger partial charge in [0, 0.05) is 32.5 Å². The predicted molar refractivity (Wildman–Crippen MR) is 86.8 cm³/mol. The van der Waals surface area contributed by atoms with Crippen molar-refractivity contribution in [2.24, 2.45) is 0 Å². The van der Waals surface area contributed by atoms with Crippen LogP contribution in [0.2, 0.25) is 0 Å². The van der Waals surface area contributed by atoms with Crippen LogP contribution in [0.5, 0.6) is 0 Å². The lowest BCUT2D eigenvalue weighted by atomic mass is 10.1. The van der Waals surface area contributed by atoms with Gasteiger partial charge in [-0.1, -0.05) is 12.8 Å². The molecular weight excluding hydrogens is 292 g/mol. The molecule has 23 heavy (non-hydrogen) atoms. The minimum absolute atomic E-state index is 0.0491. The van der Waals surface area contributed by atoms with Crippen molar-refractivity contribution in [3.8, 4) is 0 Å². The molecule has 2 amide bonds. The van der Waals surface area contributed by atoms with Crippen molar-refractivity contribution in [2.45, 2.75) is 57.9 Å². The van der Waals surface area contributed by atoms with Gasteiger partial charge in [-0.05, 0) is 38.3 Å². The van der Waals surface area contributed by atoms with Gasteiger partial charge in [0.05, 0.1) is 6.04 Å². The molecule has 2 fully saturated rings. The van der Waals surface area contributed by atoms with Crippen LogP contribution in [0.3, 0.4) is 0 Å². The second-order valence-corrected chi connectivity index (χ2v) is 6.64. The summed E-state index contributed by atoms with van der Waals surface area (Å²) in [6, 6.07) is 4.01. The molecule has 1 aromatic rings. The third-order valence-corrected chi connectivity index (χ3v) is 4.93. The van der Waals surface area contributed by atoms with E-state index < -0.39 is 0 Å². The molecule has 0 aromatic carbocycles. The molecule has 5 heteroatoms. The Balaban J connectivity index is 1.66. The zero-order valence-corrected chi connectivity index (χ0v) is 13.9. The van der Waals surface area contributed by atoms with Gasteiger partial charge < -0.3 is 14.2 Å². The molecule has 5 nitrogen and oxygen atoms in total. The summed E-state index contributed by atoms with van der Waals surface area (Å²) in [5.74, 6) is 2.12. The van der Waals surface area contributed by atoms with E-state index in [2.05, 4.69) is 0 Å². The molecule has 2 saturated heterocycles. The molecule has 1 aromatic heterocycles. The van der Waals surface area contributed by atoms with Crippen LogP contribution in [0.1, 0.15) is 62.5 Å². The van der Waals surface area contributed by atoms with E-state index >= 15 is 0 Å². The summed E-state index contributed by atoms with van der Waals surface area (Å²) in [5.41, 5.74) is 0. The van der Waals surface area contributed by atoms with Gasteiger partial charge in [-0.25, -0.2) is 0 Å². The van der Waals surface area contributed by atoms with E-state index in [9.17, 15) is 9.59 Å². The molecule has 2 aliphatic heterocycles. The summed E-state index contributed by atoms with van der Waals surface area (Å²) in [7, 11) is 0. The first-order chi connectivity index (χ1) is 11.1. The molecule has 0 spiro atoms. The Morgan fingerprint density at radius 3 is 2.78 bits per heavy atom. The van der Waals surface area contributed by atoms with Crippen molar-refractivity contribution in [3.63, 3.8) is 0 Å². The molecule has 3 heterocycles. The lowest BCUT2D eigenvalue weighted by molar-refractivity contribution is -0.135. The number of carbonyl (C=O) groups excluding carboxylic acids is 2. The van der Waals surface area contributed by atoms with Crippen molar-refractivity contribution in [3.05, 3.63) is 23.7 Å². The Kier molecular flexibility index (Phi) is 5.03. The third-order valence-electron chi connectivity index (χ3n) is 4.93. The quantitative estimate of drug-likeness (QED) is 0.857. The van der Waals surface area contributed by atoms with Gasteiger partial charge in [-0.15, -0.1) is 0 Å². The summed E-state index contributed by atoms with van der Waals surface area (Å²) in [6.07, 6.45) is 6.26. The number of likely N-dealkylation sites (tertiary alicyclic amines) is 2. The number of hydrogen-bond acceptors (Lipinski definition) is 3. The lowest BCUT2D eigenvalue weighted by Gasteiger charge is -2.29. The lowest BCUT2D eigenvalue weighted by Crippen LogP contribution is -2.37. The van der Waals surface area contributed by atoms with Crippen LogP contribution < -0.4 is 0 Å². The van der Waals surface area contributed by atoms with E-state index in [0.29, 0.717) is 19.4 Å². The van der Waals surface area contributed by atoms with Gasteiger partial charge in [0.25, 0.3) is 0 Å². The zero-order chi connectivity index (χ0) is 16.2. The maximum Gasteiger partial charge on any atom is 0.224 e. The maximum absolute atomic E-state index is 12.8. The van der Waals surface area contributed by atoms with Crippen molar-refractivity contribution in [1.82, 2.24) is 9.80 Å². The minimum atomic E-state index is 0.0491. The first-order valence-electron chi connectivity index (χ1n) is 8.79. The number of nitrogens with zero attached hydrogens (tertiary/aromatic N) is 2. The van der Waals surface area contributed by atoms with Crippen LogP contribution in [-0.2, 0) is 9.59 Å². The first kappa shape index (κ1) is 16.1. The fourth-order valence-corrected chi connectivity index (χ4v) is 3.65. The standard InChI is InChI=1S/C18H26N2O3/c1-14-8-9-16(23-14)15-6-3-2-4-12-20(15)18(22)10-13-19-11-5-7-17(19)21/h8-9,15H,2-7,10-13H2,1H3/t15-/m0/s1. The molecule has 126 valence electrons. The minimum Gasteiger partial charge on any atom is -0.464 e. The van der Waals surface area contributed by atoms with E-state index in [1.165, 1.54) is 0 Å². The molecule has 1 atom stereocenters. The second kappa shape index (κ2) is 7.20. The molecule has 0 saturated carbocycles. The van der Waals surface area contributed by atoms with Gasteiger partial charge in [-0.3, -0.25) is 9.59 Å². The van der Waals surface area contributed by atoms with Crippen LogP contribution in [-0.4, -0.2) is 41.2 Å². The molecular formula is C18H26N2O3. The van der Waals surface area contributed by atoms with Crippen LogP contribution in [0.15, 0.2) is 16.5 Å². The smallest absolute Gasteiger partial charge is 0.224 e. The molecule has 0 unspecified atom stereocenters. The Hall–Kier alpha value is -1.78. The SMILES string of the molecule is Cc1ccc([C@@H]2CCCCCN2C(=O)CCN2CCCC2=O)o1. The number of carbonyl (C=O) groups is 2. The van der Waals surface area contributed by atoms with Crippen LogP contribution >= 0.6 is 0 Å². The fraction of sp³-hybridized carbons (Fsp3) is 0.667. The van der Waals surface area contributed by atoms with Gasteiger partial charge in [0.15, 0.2) is 0 Å². The molecule has 0 aliphatic carbocycles. The highest BCUT2D eigenvalue weighted by molar-refractivity contribution is 5.80.